The average molecular weight is 548 g/mol. The number of nitrogens with one attached hydrogen (secondary N) is 1. The molecule has 0 spiro atoms. The van der Waals surface area contributed by atoms with E-state index >= 15 is 0 Å². The summed E-state index contributed by atoms with van der Waals surface area (Å²) in [6.45, 7) is 0.202. The van der Waals surface area contributed by atoms with Gasteiger partial charge in [0.2, 0.25) is 11.8 Å². The Balaban J connectivity index is 1.22. The van der Waals surface area contributed by atoms with Crippen molar-refractivity contribution < 1.29 is 9.59 Å². The summed E-state index contributed by atoms with van der Waals surface area (Å²) in [6, 6.07) is 23.1. The van der Waals surface area contributed by atoms with E-state index in [1.54, 1.807) is 33.4 Å². The number of halogens is 1. The van der Waals surface area contributed by atoms with Crippen molar-refractivity contribution in [3.63, 3.8) is 0 Å². The molecule has 7 nitrogen and oxygen atoms in total. The van der Waals surface area contributed by atoms with Crippen molar-refractivity contribution in [3.05, 3.63) is 95.3 Å². The van der Waals surface area contributed by atoms with Gasteiger partial charge in [-0.1, -0.05) is 77.6 Å². The molecule has 0 saturated carbocycles. The smallest absolute Gasteiger partial charge is 0.244 e. The van der Waals surface area contributed by atoms with Crippen LogP contribution in [0.5, 0.6) is 0 Å². The van der Waals surface area contributed by atoms with Gasteiger partial charge in [0, 0.05) is 27.9 Å². The molecule has 4 aromatic rings. The van der Waals surface area contributed by atoms with Gasteiger partial charge in [-0.2, -0.15) is 0 Å². The minimum atomic E-state index is -0.271. The lowest BCUT2D eigenvalue weighted by atomic mass is 10.2. The number of fused-ring (bicyclic) bond motifs is 2. The number of thioether (sulfide) groups is 1. The Morgan fingerprint density at radius 3 is 2.32 bits per heavy atom. The molecule has 2 heterocycles. The predicted octanol–water partition coefficient (Wildman–Crippen LogP) is 5.72. The van der Waals surface area contributed by atoms with Crippen molar-refractivity contribution in [2.24, 2.45) is 7.05 Å². The normalized spacial score (nSPS) is 12.3. The molecule has 37 heavy (non-hydrogen) atoms. The molecule has 0 bridgehead atoms. The first-order valence-corrected chi connectivity index (χ1v) is 13.6. The summed E-state index contributed by atoms with van der Waals surface area (Å²) in [7, 11) is 1.82. The van der Waals surface area contributed by atoms with Crippen LogP contribution in [0.1, 0.15) is 11.4 Å². The van der Waals surface area contributed by atoms with E-state index in [1.807, 2.05) is 73.8 Å². The lowest BCUT2D eigenvalue weighted by Crippen LogP contribution is -2.30. The Kier molecular flexibility index (Phi) is 7.64. The second kappa shape index (κ2) is 11.2. The molecule has 10 heteroatoms. The molecule has 2 amide bonds. The second-order valence-electron chi connectivity index (χ2n) is 8.09. The van der Waals surface area contributed by atoms with Crippen molar-refractivity contribution in [2.45, 2.75) is 21.5 Å². The van der Waals surface area contributed by atoms with E-state index in [2.05, 4.69) is 15.5 Å². The van der Waals surface area contributed by atoms with Crippen LogP contribution in [0.15, 0.2) is 93.8 Å². The SMILES string of the molecule is Cn1c(CNC(=O)/C=C/c2ccccc2Cl)nnc1SCC(=O)N1c2ccccc2Sc2ccccc21. The fraction of sp³-hybridized carbons (Fsp3) is 0.111. The van der Waals surface area contributed by atoms with Crippen LogP contribution in [0.25, 0.3) is 6.08 Å². The highest BCUT2D eigenvalue weighted by Crippen LogP contribution is 2.48. The Labute approximate surface area is 227 Å². The Morgan fingerprint density at radius 1 is 0.973 bits per heavy atom. The summed E-state index contributed by atoms with van der Waals surface area (Å²) >= 11 is 9.09. The number of rotatable bonds is 7. The van der Waals surface area contributed by atoms with Gasteiger partial charge in [0.25, 0.3) is 0 Å². The average Bonchev–Trinajstić information content (AvgIpc) is 3.27. The van der Waals surface area contributed by atoms with Crippen molar-refractivity contribution in [2.75, 3.05) is 10.7 Å². The van der Waals surface area contributed by atoms with Crippen molar-refractivity contribution in [1.29, 1.82) is 0 Å². The summed E-state index contributed by atoms with van der Waals surface area (Å²) in [5.74, 6) is 0.451. The highest BCUT2D eigenvalue weighted by molar-refractivity contribution is 8.00. The van der Waals surface area contributed by atoms with Crippen LogP contribution >= 0.6 is 35.1 Å². The van der Waals surface area contributed by atoms with Crippen LogP contribution in [0.3, 0.4) is 0 Å². The molecule has 1 aromatic heterocycles. The molecule has 1 N–H and O–H groups in total. The van der Waals surface area contributed by atoms with Crippen LogP contribution < -0.4 is 10.2 Å². The van der Waals surface area contributed by atoms with Crippen molar-refractivity contribution in [3.8, 4) is 0 Å². The number of para-hydroxylation sites is 2. The highest BCUT2D eigenvalue weighted by Gasteiger charge is 2.28. The fourth-order valence-corrected chi connectivity index (χ4v) is 5.83. The van der Waals surface area contributed by atoms with E-state index < -0.39 is 0 Å². The van der Waals surface area contributed by atoms with Crippen molar-refractivity contribution in [1.82, 2.24) is 20.1 Å². The summed E-state index contributed by atoms with van der Waals surface area (Å²) in [4.78, 5) is 29.5. The highest BCUT2D eigenvalue weighted by atomic mass is 35.5. The van der Waals surface area contributed by atoms with Gasteiger partial charge in [0.1, 0.15) is 0 Å². The molecule has 3 aromatic carbocycles. The van der Waals surface area contributed by atoms with Gasteiger partial charge in [0.15, 0.2) is 11.0 Å². The Hall–Kier alpha value is -3.53. The number of benzene rings is 3. The first-order chi connectivity index (χ1) is 18.0. The van der Waals surface area contributed by atoms with E-state index in [1.165, 1.54) is 17.8 Å². The van der Waals surface area contributed by atoms with Gasteiger partial charge < -0.3 is 9.88 Å². The van der Waals surface area contributed by atoms with Crippen molar-refractivity contribution >= 4 is 64.4 Å². The third-order valence-corrected chi connectivity index (χ3v) is 8.15. The largest absolute Gasteiger partial charge is 0.345 e. The van der Waals surface area contributed by atoms with Gasteiger partial charge >= 0.3 is 0 Å². The molecule has 1 aliphatic rings. The molecule has 0 fully saturated rings. The molecule has 186 valence electrons. The number of carbonyl (C=O) groups excluding carboxylic acids is 2. The number of hydrogen-bond donors (Lipinski definition) is 1. The standard InChI is InChI=1S/C27H22ClN5O2S2/c1-32-24(16-29-25(34)15-14-18-8-2-3-9-19(18)28)30-31-27(32)36-17-26(35)33-20-10-4-6-12-22(20)37-23-13-7-5-11-21(23)33/h2-15H,16-17H2,1H3,(H,29,34)/b15-14+. The van der Waals surface area contributed by atoms with Gasteiger partial charge in [-0.3, -0.25) is 14.5 Å². The summed E-state index contributed by atoms with van der Waals surface area (Å²) in [5.41, 5.74) is 2.52. The molecule has 0 saturated heterocycles. The fourth-order valence-electron chi connectivity index (χ4n) is 3.79. The molecule has 0 unspecified atom stereocenters. The van der Waals surface area contributed by atoms with Crippen LogP contribution in [-0.4, -0.2) is 32.3 Å². The lowest BCUT2D eigenvalue weighted by Gasteiger charge is -2.30. The van der Waals surface area contributed by atoms with Gasteiger partial charge in [0.05, 0.1) is 23.7 Å². The number of aromatic nitrogens is 3. The molecule has 5 rings (SSSR count). The zero-order valence-corrected chi connectivity index (χ0v) is 22.2. The molecule has 0 atom stereocenters. The predicted molar refractivity (Wildman–Crippen MR) is 148 cm³/mol. The van der Waals surface area contributed by atoms with Crippen LogP contribution in [0, 0.1) is 0 Å². The summed E-state index contributed by atoms with van der Waals surface area (Å²) in [6.07, 6.45) is 3.09. The van der Waals surface area contributed by atoms with E-state index in [-0.39, 0.29) is 24.1 Å². The Bertz CT molecular complexity index is 1460. The molecular weight excluding hydrogens is 526 g/mol. The summed E-state index contributed by atoms with van der Waals surface area (Å²) < 4.78 is 1.78. The lowest BCUT2D eigenvalue weighted by molar-refractivity contribution is -0.117. The monoisotopic (exact) mass is 547 g/mol. The van der Waals surface area contributed by atoms with E-state index in [9.17, 15) is 9.59 Å². The maximum atomic E-state index is 13.4. The molecule has 0 radical (unpaired) electrons. The van der Waals surface area contributed by atoms with Gasteiger partial charge in [-0.05, 0) is 42.0 Å². The van der Waals surface area contributed by atoms with E-state index in [0.29, 0.717) is 16.0 Å². The third kappa shape index (κ3) is 5.58. The topological polar surface area (TPSA) is 80.1 Å². The third-order valence-electron chi connectivity index (χ3n) is 5.67. The summed E-state index contributed by atoms with van der Waals surface area (Å²) in [5, 5.41) is 12.4. The van der Waals surface area contributed by atoms with Crippen LogP contribution in [-0.2, 0) is 23.2 Å². The maximum absolute atomic E-state index is 13.4. The number of anilines is 2. The zero-order valence-electron chi connectivity index (χ0n) is 19.8. The molecule has 0 aliphatic carbocycles. The minimum Gasteiger partial charge on any atom is -0.345 e. The van der Waals surface area contributed by atoms with E-state index in [0.717, 1.165) is 26.7 Å². The first-order valence-electron chi connectivity index (χ1n) is 11.4. The second-order valence-corrected chi connectivity index (χ2v) is 10.5. The number of hydrogen-bond acceptors (Lipinski definition) is 6. The quantitative estimate of drug-likeness (QED) is 0.235. The molecular formula is C27H22ClN5O2S2. The van der Waals surface area contributed by atoms with Crippen LogP contribution in [0.2, 0.25) is 5.02 Å². The minimum absolute atomic E-state index is 0.0484. The number of carbonyl (C=O) groups is 2. The van der Waals surface area contributed by atoms with Crippen LogP contribution in [0.4, 0.5) is 11.4 Å². The van der Waals surface area contributed by atoms with Gasteiger partial charge in [-0.25, -0.2) is 0 Å². The Morgan fingerprint density at radius 2 is 1.62 bits per heavy atom. The maximum Gasteiger partial charge on any atom is 0.244 e. The zero-order chi connectivity index (χ0) is 25.8. The van der Waals surface area contributed by atoms with Gasteiger partial charge in [-0.15, -0.1) is 10.2 Å². The first kappa shape index (κ1) is 25.1. The number of nitrogens with zero attached hydrogens (tertiary/aromatic N) is 4. The number of amides is 2. The molecule has 1 aliphatic heterocycles. The van der Waals surface area contributed by atoms with E-state index in [4.69, 9.17) is 11.6 Å².